The Balaban J connectivity index is 4.59. The van der Waals surface area contributed by atoms with Crippen LogP contribution >= 0.6 is 0 Å². The number of nitrogens with zero attached hydrogens (tertiary/aromatic N) is 3. The summed E-state index contributed by atoms with van der Waals surface area (Å²) in [5, 5.41) is 17.2. The predicted octanol–water partition coefficient (Wildman–Crippen LogP) is 1.53. The first-order valence-corrected chi connectivity index (χ1v) is 6.08. The molecule has 0 saturated heterocycles. The van der Waals surface area contributed by atoms with Gasteiger partial charge in [0.05, 0.1) is 18.9 Å². The molecule has 18 heavy (non-hydrogen) atoms. The Morgan fingerprint density at radius 3 is 2.33 bits per heavy atom. The Bertz CT molecular complexity index is 323. The third kappa shape index (κ3) is 5.53. The molecule has 2 amide bonds. The Morgan fingerprint density at radius 1 is 1.33 bits per heavy atom. The smallest absolute Gasteiger partial charge is 0.320 e. The number of aliphatic carboxylic acids is 1. The summed E-state index contributed by atoms with van der Waals surface area (Å²) in [5.41, 5.74) is 0. The summed E-state index contributed by atoms with van der Waals surface area (Å²) >= 11 is 0. The number of carboxylic acid groups (broad SMARTS) is 1. The van der Waals surface area contributed by atoms with E-state index in [-0.39, 0.29) is 31.5 Å². The van der Waals surface area contributed by atoms with E-state index in [1.165, 1.54) is 4.90 Å². The average molecular weight is 255 g/mol. The molecule has 0 fully saturated rings. The fourth-order valence-electron chi connectivity index (χ4n) is 1.55. The van der Waals surface area contributed by atoms with Crippen molar-refractivity contribution in [2.75, 3.05) is 19.6 Å². The largest absolute Gasteiger partial charge is 0.481 e. The maximum atomic E-state index is 12.2. The summed E-state index contributed by atoms with van der Waals surface area (Å²) in [4.78, 5) is 25.8. The van der Waals surface area contributed by atoms with Gasteiger partial charge in [-0.05, 0) is 20.8 Å². The van der Waals surface area contributed by atoms with E-state index in [2.05, 4.69) is 0 Å². The highest BCUT2D eigenvalue weighted by Gasteiger charge is 2.22. The maximum Gasteiger partial charge on any atom is 0.320 e. The van der Waals surface area contributed by atoms with Gasteiger partial charge in [-0.2, -0.15) is 5.26 Å². The van der Waals surface area contributed by atoms with Gasteiger partial charge in [-0.15, -0.1) is 0 Å². The van der Waals surface area contributed by atoms with Crippen molar-refractivity contribution in [3.8, 4) is 6.07 Å². The summed E-state index contributed by atoms with van der Waals surface area (Å²) in [5.74, 6) is -0.922. The Hall–Kier alpha value is -1.77. The van der Waals surface area contributed by atoms with Gasteiger partial charge in [-0.25, -0.2) is 4.79 Å². The van der Waals surface area contributed by atoms with Gasteiger partial charge in [-0.1, -0.05) is 0 Å². The van der Waals surface area contributed by atoms with Gasteiger partial charge in [0.2, 0.25) is 0 Å². The van der Waals surface area contributed by atoms with Crippen molar-refractivity contribution in [3.63, 3.8) is 0 Å². The fourth-order valence-corrected chi connectivity index (χ4v) is 1.55. The number of carbonyl (C=O) groups excluding carboxylic acids is 1. The molecule has 0 atom stereocenters. The van der Waals surface area contributed by atoms with Gasteiger partial charge < -0.3 is 14.9 Å². The number of rotatable bonds is 7. The summed E-state index contributed by atoms with van der Waals surface area (Å²) < 4.78 is 0. The number of hydrogen-bond donors (Lipinski definition) is 1. The lowest BCUT2D eigenvalue weighted by atomic mass is 10.3. The molecule has 0 saturated carbocycles. The maximum absolute atomic E-state index is 12.2. The molecule has 102 valence electrons. The van der Waals surface area contributed by atoms with Gasteiger partial charge >= 0.3 is 12.0 Å². The second-order valence-corrected chi connectivity index (χ2v) is 4.20. The molecule has 0 aliphatic heterocycles. The van der Waals surface area contributed by atoms with E-state index in [0.29, 0.717) is 13.1 Å². The first-order valence-electron chi connectivity index (χ1n) is 6.08. The molecular weight excluding hydrogens is 234 g/mol. The van der Waals surface area contributed by atoms with Gasteiger partial charge in [-0.3, -0.25) is 4.79 Å². The van der Waals surface area contributed by atoms with Crippen LogP contribution in [0.25, 0.3) is 0 Å². The number of urea groups is 1. The molecule has 0 heterocycles. The van der Waals surface area contributed by atoms with Crippen LogP contribution in [-0.2, 0) is 4.79 Å². The van der Waals surface area contributed by atoms with Crippen molar-refractivity contribution >= 4 is 12.0 Å². The van der Waals surface area contributed by atoms with Crippen LogP contribution in [0.2, 0.25) is 0 Å². The molecular formula is C12H21N3O3. The van der Waals surface area contributed by atoms with Crippen LogP contribution in [0.15, 0.2) is 0 Å². The highest BCUT2D eigenvalue weighted by molar-refractivity contribution is 5.75. The van der Waals surface area contributed by atoms with E-state index >= 15 is 0 Å². The van der Waals surface area contributed by atoms with E-state index in [4.69, 9.17) is 10.4 Å². The van der Waals surface area contributed by atoms with Crippen molar-refractivity contribution in [3.05, 3.63) is 0 Å². The van der Waals surface area contributed by atoms with Gasteiger partial charge in [0.1, 0.15) is 0 Å². The topological polar surface area (TPSA) is 84.6 Å². The Labute approximate surface area is 108 Å². The minimum absolute atomic E-state index is 0.00951. The predicted molar refractivity (Wildman–Crippen MR) is 67.0 cm³/mol. The van der Waals surface area contributed by atoms with Crippen LogP contribution in [0.3, 0.4) is 0 Å². The SMILES string of the molecule is CCN(CCC(=O)O)C(=O)N(CCC#N)C(C)C. The summed E-state index contributed by atoms with van der Waals surface area (Å²) in [7, 11) is 0. The van der Waals surface area contributed by atoms with Crippen molar-refractivity contribution in [2.45, 2.75) is 39.7 Å². The molecule has 0 aliphatic carbocycles. The zero-order valence-electron chi connectivity index (χ0n) is 11.2. The van der Waals surface area contributed by atoms with Crippen molar-refractivity contribution in [1.29, 1.82) is 5.26 Å². The number of hydrogen-bond acceptors (Lipinski definition) is 3. The fraction of sp³-hybridized carbons (Fsp3) is 0.750. The van der Waals surface area contributed by atoms with Crippen LogP contribution in [0.1, 0.15) is 33.6 Å². The third-order valence-electron chi connectivity index (χ3n) is 2.58. The molecule has 6 heteroatoms. The van der Waals surface area contributed by atoms with Gasteiger partial charge in [0.15, 0.2) is 0 Å². The van der Waals surface area contributed by atoms with E-state index in [0.717, 1.165) is 0 Å². The Morgan fingerprint density at radius 2 is 1.94 bits per heavy atom. The summed E-state index contributed by atoms with van der Waals surface area (Å²) in [6.07, 6.45) is 0.212. The number of carbonyl (C=O) groups is 2. The highest BCUT2D eigenvalue weighted by atomic mass is 16.4. The molecule has 1 N–H and O–H groups in total. The first kappa shape index (κ1) is 16.2. The minimum atomic E-state index is -0.922. The van der Waals surface area contributed by atoms with E-state index < -0.39 is 5.97 Å². The lowest BCUT2D eigenvalue weighted by molar-refractivity contribution is -0.137. The van der Waals surface area contributed by atoms with Crippen LogP contribution in [0, 0.1) is 11.3 Å². The monoisotopic (exact) mass is 255 g/mol. The molecule has 0 aromatic rings. The van der Waals surface area contributed by atoms with Gasteiger partial charge in [0, 0.05) is 25.7 Å². The lowest BCUT2D eigenvalue weighted by Gasteiger charge is -2.32. The van der Waals surface area contributed by atoms with E-state index in [1.54, 1.807) is 4.90 Å². The van der Waals surface area contributed by atoms with Crippen molar-refractivity contribution < 1.29 is 14.7 Å². The molecule has 0 bridgehead atoms. The van der Waals surface area contributed by atoms with Crippen molar-refractivity contribution in [1.82, 2.24) is 9.80 Å². The van der Waals surface area contributed by atoms with E-state index in [9.17, 15) is 9.59 Å². The third-order valence-corrected chi connectivity index (χ3v) is 2.58. The standard InChI is InChI=1S/C12H21N3O3/c1-4-14(9-6-11(16)17)12(18)15(10(2)3)8-5-7-13/h10H,4-6,8-9H2,1-3H3,(H,16,17). The summed E-state index contributed by atoms with van der Waals surface area (Å²) in [6, 6.07) is 1.79. The molecule has 0 aliphatic rings. The molecule has 0 unspecified atom stereocenters. The van der Waals surface area contributed by atoms with Crippen LogP contribution in [0.4, 0.5) is 4.79 Å². The summed E-state index contributed by atoms with van der Waals surface area (Å²) in [6.45, 7) is 6.59. The highest BCUT2D eigenvalue weighted by Crippen LogP contribution is 2.06. The number of nitriles is 1. The molecule has 0 aromatic heterocycles. The lowest BCUT2D eigenvalue weighted by Crippen LogP contribution is -2.47. The molecule has 0 aromatic carbocycles. The second-order valence-electron chi connectivity index (χ2n) is 4.20. The average Bonchev–Trinajstić information content (AvgIpc) is 2.29. The Kier molecular flexibility index (Phi) is 7.52. The molecule has 0 spiro atoms. The molecule has 0 rings (SSSR count). The van der Waals surface area contributed by atoms with Crippen LogP contribution in [0.5, 0.6) is 0 Å². The zero-order valence-corrected chi connectivity index (χ0v) is 11.2. The van der Waals surface area contributed by atoms with Gasteiger partial charge in [0.25, 0.3) is 0 Å². The normalized spacial score (nSPS) is 9.94. The first-order chi connectivity index (χ1) is 8.43. The molecule has 0 radical (unpaired) electrons. The van der Waals surface area contributed by atoms with E-state index in [1.807, 2.05) is 26.8 Å². The number of carboxylic acids is 1. The quantitative estimate of drug-likeness (QED) is 0.747. The van der Waals surface area contributed by atoms with Crippen LogP contribution < -0.4 is 0 Å². The zero-order chi connectivity index (χ0) is 14.1. The minimum Gasteiger partial charge on any atom is -0.481 e. The number of amides is 2. The second kappa shape index (κ2) is 8.34. The molecule has 6 nitrogen and oxygen atoms in total. The van der Waals surface area contributed by atoms with Crippen LogP contribution in [-0.4, -0.2) is 52.6 Å². The van der Waals surface area contributed by atoms with Crippen molar-refractivity contribution in [2.24, 2.45) is 0 Å².